The molecule has 0 saturated heterocycles. The molecule has 254 valence electrons. The number of hydrogen-bond donors (Lipinski definition) is 1. The van der Waals surface area contributed by atoms with Gasteiger partial charge in [-0.1, -0.05) is 133 Å². The van der Waals surface area contributed by atoms with Gasteiger partial charge >= 0.3 is 0 Å². The number of aliphatic imine (C=N–C) groups is 1. The van der Waals surface area contributed by atoms with Gasteiger partial charge in [0, 0.05) is 53.3 Å². The molecule has 0 spiro atoms. The third-order valence-electron chi connectivity index (χ3n) is 11.0. The fourth-order valence-corrected chi connectivity index (χ4v) is 9.67. The number of anilines is 4. The van der Waals surface area contributed by atoms with Gasteiger partial charge in [0.1, 0.15) is 0 Å². The van der Waals surface area contributed by atoms with Gasteiger partial charge < -0.3 is 10.6 Å². The molecule has 2 N–H and O–H groups in total. The number of nitrogens with two attached hydrogens (primary N) is 1. The molecule has 0 aliphatic carbocycles. The zero-order chi connectivity index (χ0) is 35.8. The molecule has 0 radical (unpaired) electrons. The molecule has 1 aliphatic rings. The number of thiophene rings is 1. The first-order valence-corrected chi connectivity index (χ1v) is 19.2. The second kappa shape index (κ2) is 12.2. The normalized spacial score (nSPS) is 12.7. The van der Waals surface area contributed by atoms with E-state index in [1.54, 1.807) is 0 Å². The van der Waals surface area contributed by atoms with E-state index in [-0.39, 0.29) is 0 Å². The van der Waals surface area contributed by atoms with Crippen LogP contribution >= 0.6 is 11.3 Å². The van der Waals surface area contributed by atoms with E-state index in [1.807, 2.05) is 29.5 Å². The van der Waals surface area contributed by atoms with E-state index in [2.05, 4.69) is 163 Å². The number of benzene rings is 9. The molecular weight excluding hydrogens is 675 g/mol. The molecular formula is C50H33N3S. The fraction of sp³-hybridized carbons (Fsp3) is 0.0200. The number of nitrogens with zero attached hydrogens (tertiary/aromatic N) is 2. The lowest BCUT2D eigenvalue weighted by Gasteiger charge is -2.34. The minimum absolute atomic E-state index is 0.508. The van der Waals surface area contributed by atoms with E-state index in [0.29, 0.717) is 6.54 Å². The van der Waals surface area contributed by atoms with E-state index in [4.69, 9.17) is 10.7 Å². The largest absolute Gasteiger partial charge is 0.398 e. The van der Waals surface area contributed by atoms with Crippen LogP contribution in [0.1, 0.15) is 16.7 Å². The summed E-state index contributed by atoms with van der Waals surface area (Å²) in [6.45, 7) is 0.508. The minimum Gasteiger partial charge on any atom is -0.398 e. The van der Waals surface area contributed by atoms with Gasteiger partial charge in [0.15, 0.2) is 0 Å². The lowest BCUT2D eigenvalue weighted by Crippen LogP contribution is -2.15. The maximum Gasteiger partial charge on any atom is 0.0744 e. The number of fused-ring (bicyclic) bond motifs is 7. The molecule has 11 rings (SSSR count). The highest BCUT2D eigenvalue weighted by atomic mass is 32.1. The molecule has 1 aliphatic heterocycles. The molecule has 0 fully saturated rings. The van der Waals surface area contributed by atoms with E-state index >= 15 is 0 Å². The molecule has 0 amide bonds. The standard InChI is InChI=1S/C50H33N3S/c51-43-21-5-3-17-41(43)50(34-25-26-39-38-16-4-6-24-47(38)54-48(39)29-34)52-30-35-15-8-19-37-36(35)18-10-22-44(37)53-45-23-9-14-31-13-7-20-40(49(31)45)42-27-32-11-1-2-12-33(32)28-46(42)53/h1-29H,30,51H2/b52-50-. The summed E-state index contributed by atoms with van der Waals surface area (Å²) in [5.74, 6) is 0. The summed E-state index contributed by atoms with van der Waals surface area (Å²) < 4.78 is 2.54. The molecule has 4 heteroatoms. The lowest BCUT2D eigenvalue weighted by atomic mass is 9.89. The molecule has 2 heterocycles. The number of para-hydroxylation sites is 1. The molecule has 54 heavy (non-hydrogen) atoms. The van der Waals surface area contributed by atoms with Crippen molar-refractivity contribution in [3.63, 3.8) is 0 Å². The molecule has 0 saturated carbocycles. The summed E-state index contributed by atoms with van der Waals surface area (Å²) in [6.07, 6.45) is 0. The first-order valence-electron chi connectivity index (χ1n) is 18.4. The van der Waals surface area contributed by atoms with E-state index in [0.717, 1.165) is 28.2 Å². The third-order valence-corrected chi connectivity index (χ3v) is 12.2. The van der Waals surface area contributed by atoms with Crippen LogP contribution in [0.5, 0.6) is 0 Å². The van der Waals surface area contributed by atoms with Crippen molar-refractivity contribution in [3.8, 4) is 11.1 Å². The van der Waals surface area contributed by atoms with Crippen molar-refractivity contribution in [2.45, 2.75) is 6.54 Å². The van der Waals surface area contributed by atoms with Crippen molar-refractivity contribution in [2.24, 2.45) is 4.99 Å². The van der Waals surface area contributed by atoms with Gasteiger partial charge in [-0.25, -0.2) is 0 Å². The van der Waals surface area contributed by atoms with Crippen LogP contribution in [-0.4, -0.2) is 5.71 Å². The zero-order valence-corrected chi connectivity index (χ0v) is 30.1. The van der Waals surface area contributed by atoms with Crippen LogP contribution in [0.3, 0.4) is 0 Å². The lowest BCUT2D eigenvalue weighted by molar-refractivity contribution is 1.08. The summed E-state index contributed by atoms with van der Waals surface area (Å²) in [6, 6.07) is 63.5. The Balaban J connectivity index is 1.08. The Labute approximate surface area is 316 Å². The maximum atomic E-state index is 6.65. The molecule has 9 aromatic carbocycles. The van der Waals surface area contributed by atoms with Gasteiger partial charge in [-0.05, 0) is 75.1 Å². The van der Waals surface area contributed by atoms with Crippen LogP contribution in [-0.2, 0) is 6.54 Å². The average Bonchev–Trinajstić information content (AvgIpc) is 3.59. The summed E-state index contributed by atoms with van der Waals surface area (Å²) in [5.41, 5.74) is 17.5. The van der Waals surface area contributed by atoms with Crippen LogP contribution in [0, 0.1) is 0 Å². The highest BCUT2D eigenvalue weighted by Crippen LogP contribution is 2.53. The van der Waals surface area contributed by atoms with Crippen LogP contribution in [0.4, 0.5) is 22.7 Å². The summed E-state index contributed by atoms with van der Waals surface area (Å²) in [7, 11) is 0. The van der Waals surface area contributed by atoms with Crippen LogP contribution in [0.2, 0.25) is 0 Å². The second-order valence-electron chi connectivity index (χ2n) is 14.1. The third kappa shape index (κ3) is 4.77. The van der Waals surface area contributed by atoms with Gasteiger partial charge in [-0.3, -0.25) is 4.99 Å². The van der Waals surface area contributed by atoms with Crippen molar-refractivity contribution in [2.75, 3.05) is 10.6 Å². The van der Waals surface area contributed by atoms with Gasteiger partial charge in [-0.2, -0.15) is 0 Å². The fourth-order valence-electron chi connectivity index (χ4n) is 8.52. The Hall–Kier alpha value is -6.75. The first kappa shape index (κ1) is 30.8. The summed E-state index contributed by atoms with van der Waals surface area (Å²) in [4.78, 5) is 7.88. The maximum absolute atomic E-state index is 6.65. The van der Waals surface area contributed by atoms with Gasteiger partial charge in [0.25, 0.3) is 0 Å². The highest BCUT2D eigenvalue weighted by molar-refractivity contribution is 7.25. The van der Waals surface area contributed by atoms with Gasteiger partial charge in [0.2, 0.25) is 0 Å². The molecule has 0 atom stereocenters. The molecule has 0 bridgehead atoms. The molecule has 3 nitrogen and oxygen atoms in total. The average molecular weight is 708 g/mol. The van der Waals surface area contributed by atoms with E-state index < -0.39 is 0 Å². The van der Waals surface area contributed by atoms with Crippen molar-refractivity contribution in [3.05, 3.63) is 193 Å². The topological polar surface area (TPSA) is 41.6 Å². The Morgan fingerprint density at radius 1 is 0.500 bits per heavy atom. The second-order valence-corrected chi connectivity index (χ2v) is 15.2. The Morgan fingerprint density at radius 3 is 2.09 bits per heavy atom. The monoisotopic (exact) mass is 707 g/mol. The first-order chi connectivity index (χ1) is 26.7. The molecule has 10 aromatic rings. The van der Waals surface area contributed by atoms with Crippen molar-refractivity contribution >= 4 is 92.3 Å². The van der Waals surface area contributed by atoms with Gasteiger partial charge in [-0.15, -0.1) is 11.3 Å². The van der Waals surface area contributed by atoms with Crippen molar-refractivity contribution in [1.29, 1.82) is 0 Å². The highest BCUT2D eigenvalue weighted by Gasteiger charge is 2.27. The molecule has 0 unspecified atom stereocenters. The Kier molecular flexibility index (Phi) is 6.94. The summed E-state index contributed by atoms with van der Waals surface area (Å²) >= 11 is 1.82. The van der Waals surface area contributed by atoms with Crippen molar-refractivity contribution < 1.29 is 0 Å². The van der Waals surface area contributed by atoms with E-state index in [1.165, 1.54) is 80.6 Å². The quantitative estimate of drug-likeness (QED) is 0.143. The summed E-state index contributed by atoms with van der Waals surface area (Å²) in [5, 5.41) is 9.92. The van der Waals surface area contributed by atoms with Crippen LogP contribution in [0.15, 0.2) is 181 Å². The van der Waals surface area contributed by atoms with Crippen LogP contribution < -0.4 is 10.6 Å². The smallest absolute Gasteiger partial charge is 0.0744 e. The zero-order valence-electron chi connectivity index (χ0n) is 29.3. The van der Waals surface area contributed by atoms with Gasteiger partial charge in [0.05, 0.1) is 29.3 Å². The minimum atomic E-state index is 0.508. The Morgan fingerprint density at radius 2 is 1.19 bits per heavy atom. The Bertz CT molecular complexity index is 3170. The number of rotatable bonds is 5. The number of nitrogen functional groups attached to an aromatic ring is 1. The van der Waals surface area contributed by atoms with Crippen LogP contribution in [0.25, 0.3) is 63.6 Å². The van der Waals surface area contributed by atoms with Crippen molar-refractivity contribution in [1.82, 2.24) is 0 Å². The number of hydrogen-bond acceptors (Lipinski definition) is 4. The predicted molar refractivity (Wildman–Crippen MR) is 232 cm³/mol. The van der Waals surface area contributed by atoms with E-state index in [9.17, 15) is 0 Å². The predicted octanol–water partition coefficient (Wildman–Crippen LogP) is 13.6. The molecule has 1 aromatic heterocycles. The SMILES string of the molecule is Nc1ccccc1/C(=N\Cc1cccc2c(N3c4cc5ccccc5cc4-c4cccc5cccc3c45)cccc12)c1ccc2c(c1)sc1ccccc12.